The van der Waals surface area contributed by atoms with Gasteiger partial charge in [-0.25, -0.2) is 0 Å². The topological polar surface area (TPSA) is 80.0 Å². The SMILES string of the molecule is Cc1cccc(OC[C@@]2(O)CN(Cc3cccc(OCCCn4cccn4)c3)CC[C@H]2O)c1. The predicted molar refractivity (Wildman–Crippen MR) is 126 cm³/mol. The van der Waals surface area contributed by atoms with Gasteiger partial charge in [-0.15, -0.1) is 0 Å². The highest BCUT2D eigenvalue weighted by Crippen LogP contribution is 2.26. The van der Waals surface area contributed by atoms with E-state index in [4.69, 9.17) is 9.47 Å². The van der Waals surface area contributed by atoms with Crippen molar-refractivity contribution in [2.24, 2.45) is 0 Å². The number of aryl methyl sites for hydroxylation is 2. The van der Waals surface area contributed by atoms with Crippen molar-refractivity contribution < 1.29 is 19.7 Å². The van der Waals surface area contributed by atoms with Gasteiger partial charge in [-0.3, -0.25) is 9.58 Å². The third-order valence-electron chi connectivity index (χ3n) is 5.98. The van der Waals surface area contributed by atoms with Gasteiger partial charge in [-0.05, 0) is 54.8 Å². The van der Waals surface area contributed by atoms with E-state index in [1.165, 1.54) is 0 Å². The largest absolute Gasteiger partial charge is 0.494 e. The smallest absolute Gasteiger partial charge is 0.137 e. The molecule has 2 N–H and O–H groups in total. The minimum atomic E-state index is -1.32. The molecule has 176 valence electrons. The van der Waals surface area contributed by atoms with E-state index in [2.05, 4.69) is 16.1 Å². The van der Waals surface area contributed by atoms with Crippen LogP contribution in [0.4, 0.5) is 0 Å². The first kappa shape index (κ1) is 23.3. The second-order valence-electron chi connectivity index (χ2n) is 8.84. The Labute approximate surface area is 195 Å². The van der Waals surface area contributed by atoms with Crippen molar-refractivity contribution in [3.05, 3.63) is 78.1 Å². The van der Waals surface area contributed by atoms with Gasteiger partial charge in [0.15, 0.2) is 0 Å². The van der Waals surface area contributed by atoms with Crippen LogP contribution >= 0.6 is 0 Å². The van der Waals surface area contributed by atoms with Crippen LogP contribution in [0.3, 0.4) is 0 Å². The lowest BCUT2D eigenvalue weighted by Gasteiger charge is -2.42. The highest BCUT2D eigenvalue weighted by atomic mass is 16.5. The molecular weight excluding hydrogens is 418 g/mol. The van der Waals surface area contributed by atoms with Gasteiger partial charge in [0.2, 0.25) is 0 Å². The third-order valence-corrected chi connectivity index (χ3v) is 5.98. The number of aromatic nitrogens is 2. The molecule has 0 radical (unpaired) electrons. The molecule has 33 heavy (non-hydrogen) atoms. The molecule has 0 amide bonds. The van der Waals surface area contributed by atoms with Gasteiger partial charge < -0.3 is 19.7 Å². The summed E-state index contributed by atoms with van der Waals surface area (Å²) in [5.41, 5.74) is 0.884. The number of hydrogen-bond donors (Lipinski definition) is 2. The van der Waals surface area contributed by atoms with Gasteiger partial charge in [0.1, 0.15) is 23.7 Å². The number of benzene rings is 2. The van der Waals surface area contributed by atoms with Crippen LogP contribution < -0.4 is 9.47 Å². The van der Waals surface area contributed by atoms with E-state index in [0.29, 0.717) is 38.4 Å². The summed E-state index contributed by atoms with van der Waals surface area (Å²) in [7, 11) is 0. The van der Waals surface area contributed by atoms with Crippen molar-refractivity contribution in [3.8, 4) is 11.5 Å². The van der Waals surface area contributed by atoms with Crippen LogP contribution in [0.2, 0.25) is 0 Å². The van der Waals surface area contributed by atoms with E-state index in [9.17, 15) is 10.2 Å². The maximum atomic E-state index is 11.1. The monoisotopic (exact) mass is 451 g/mol. The molecule has 0 spiro atoms. The first-order chi connectivity index (χ1) is 16.0. The van der Waals surface area contributed by atoms with Crippen LogP contribution in [0, 0.1) is 6.92 Å². The van der Waals surface area contributed by atoms with Gasteiger partial charge in [-0.1, -0.05) is 24.3 Å². The lowest BCUT2D eigenvalue weighted by Crippen LogP contribution is -2.59. The Hall–Kier alpha value is -2.87. The Bertz CT molecular complexity index is 1010. The first-order valence-corrected chi connectivity index (χ1v) is 11.5. The van der Waals surface area contributed by atoms with Gasteiger partial charge in [0, 0.05) is 45.0 Å². The second kappa shape index (κ2) is 10.8. The van der Waals surface area contributed by atoms with E-state index in [-0.39, 0.29) is 6.61 Å². The average Bonchev–Trinajstić information content (AvgIpc) is 3.32. The van der Waals surface area contributed by atoms with Crippen LogP contribution in [-0.4, -0.2) is 62.9 Å². The second-order valence-corrected chi connectivity index (χ2v) is 8.84. The number of rotatable bonds is 10. The maximum Gasteiger partial charge on any atom is 0.137 e. The Balaban J connectivity index is 1.29. The molecule has 1 saturated heterocycles. The lowest BCUT2D eigenvalue weighted by molar-refractivity contribution is -0.140. The number of aliphatic hydroxyl groups is 2. The van der Waals surface area contributed by atoms with Gasteiger partial charge >= 0.3 is 0 Å². The summed E-state index contributed by atoms with van der Waals surface area (Å²) in [4.78, 5) is 2.16. The summed E-state index contributed by atoms with van der Waals surface area (Å²) >= 11 is 0. The summed E-state index contributed by atoms with van der Waals surface area (Å²) in [5, 5.41) is 25.8. The summed E-state index contributed by atoms with van der Waals surface area (Å²) < 4.78 is 13.7. The molecule has 1 fully saturated rings. The zero-order chi connectivity index (χ0) is 23.1. The predicted octanol–water partition coefficient (Wildman–Crippen LogP) is 3.04. The quantitative estimate of drug-likeness (QED) is 0.461. The van der Waals surface area contributed by atoms with Crippen molar-refractivity contribution in [2.45, 2.75) is 44.6 Å². The molecular formula is C26H33N3O4. The molecule has 0 unspecified atom stereocenters. The number of aliphatic hydroxyl groups excluding tert-OH is 1. The van der Waals surface area contributed by atoms with Crippen molar-refractivity contribution in [1.82, 2.24) is 14.7 Å². The number of nitrogens with zero attached hydrogens (tertiary/aromatic N) is 3. The van der Waals surface area contributed by atoms with E-state index in [1.54, 1.807) is 6.20 Å². The molecule has 0 aliphatic carbocycles. The van der Waals surface area contributed by atoms with Crippen molar-refractivity contribution in [1.29, 1.82) is 0 Å². The fraction of sp³-hybridized carbons (Fsp3) is 0.423. The van der Waals surface area contributed by atoms with Gasteiger partial charge in [0.25, 0.3) is 0 Å². The number of β-amino-alcohol motifs (C(OH)–C–C–N with tert-alkyl or cyclic N) is 1. The van der Waals surface area contributed by atoms with E-state index in [1.807, 2.05) is 66.3 Å². The number of piperidine rings is 1. The summed E-state index contributed by atoms with van der Waals surface area (Å²) in [6, 6.07) is 17.7. The molecule has 2 atom stereocenters. The Kier molecular flexibility index (Phi) is 7.65. The molecule has 0 saturated carbocycles. The van der Waals surface area contributed by atoms with Crippen LogP contribution in [0.25, 0.3) is 0 Å². The molecule has 7 nitrogen and oxygen atoms in total. The average molecular weight is 452 g/mol. The van der Waals surface area contributed by atoms with Gasteiger partial charge in [-0.2, -0.15) is 5.10 Å². The summed E-state index contributed by atoms with van der Waals surface area (Å²) in [6.07, 6.45) is 4.28. The van der Waals surface area contributed by atoms with E-state index >= 15 is 0 Å². The lowest BCUT2D eigenvalue weighted by atomic mass is 9.90. The highest BCUT2D eigenvalue weighted by Gasteiger charge is 2.42. The molecule has 1 aliphatic rings. The Morgan fingerprint density at radius 3 is 2.70 bits per heavy atom. The zero-order valence-corrected chi connectivity index (χ0v) is 19.1. The molecule has 7 heteroatoms. The summed E-state index contributed by atoms with van der Waals surface area (Å²) in [6.45, 7) is 5.21. The normalized spacial score (nSPS) is 21.1. The van der Waals surface area contributed by atoms with Crippen LogP contribution in [0.5, 0.6) is 11.5 Å². The fourth-order valence-corrected chi connectivity index (χ4v) is 4.18. The van der Waals surface area contributed by atoms with Crippen molar-refractivity contribution in [3.63, 3.8) is 0 Å². The molecule has 1 aliphatic heterocycles. The van der Waals surface area contributed by atoms with Crippen molar-refractivity contribution in [2.75, 3.05) is 26.3 Å². The van der Waals surface area contributed by atoms with Crippen LogP contribution in [-0.2, 0) is 13.1 Å². The van der Waals surface area contributed by atoms with E-state index < -0.39 is 11.7 Å². The minimum Gasteiger partial charge on any atom is -0.494 e. The Morgan fingerprint density at radius 2 is 1.91 bits per heavy atom. The maximum absolute atomic E-state index is 11.1. The molecule has 2 heterocycles. The first-order valence-electron chi connectivity index (χ1n) is 11.5. The fourth-order valence-electron chi connectivity index (χ4n) is 4.18. The minimum absolute atomic E-state index is 0.0491. The van der Waals surface area contributed by atoms with Crippen LogP contribution in [0.1, 0.15) is 24.0 Å². The number of ether oxygens (including phenoxy) is 2. The molecule has 1 aromatic heterocycles. The number of likely N-dealkylation sites (tertiary alicyclic amines) is 1. The van der Waals surface area contributed by atoms with Crippen molar-refractivity contribution >= 4 is 0 Å². The summed E-state index contributed by atoms with van der Waals surface area (Å²) in [5.74, 6) is 1.54. The molecule has 3 aromatic rings. The molecule has 2 aromatic carbocycles. The standard InChI is InChI=1S/C26H33N3O4/c1-21-6-2-8-23(16-21)33-20-26(31)19-28(14-10-25(26)30)18-22-7-3-9-24(17-22)32-15-5-13-29-12-4-11-27-29/h2-4,6-9,11-12,16-17,25,30-31H,5,10,13-15,18-20H2,1H3/t25-,26+/m1/s1. The van der Waals surface area contributed by atoms with Crippen LogP contribution in [0.15, 0.2) is 67.0 Å². The third kappa shape index (κ3) is 6.57. The Morgan fingerprint density at radius 1 is 1.09 bits per heavy atom. The van der Waals surface area contributed by atoms with E-state index in [0.717, 1.165) is 29.8 Å². The highest BCUT2D eigenvalue weighted by molar-refractivity contribution is 5.29. The number of hydrogen-bond acceptors (Lipinski definition) is 6. The zero-order valence-electron chi connectivity index (χ0n) is 19.1. The molecule has 4 rings (SSSR count). The van der Waals surface area contributed by atoms with Gasteiger partial charge in [0.05, 0.1) is 12.7 Å². The molecule has 0 bridgehead atoms.